The molecule has 6 rings (SSSR count). The molecule has 3 saturated heterocycles. The van der Waals surface area contributed by atoms with E-state index in [2.05, 4.69) is 20.6 Å². The molecule has 2 aromatic rings. The van der Waals surface area contributed by atoms with Crippen LogP contribution in [0.4, 0.5) is 19.1 Å². The largest absolute Gasteiger partial charge is 0.471 e. The Bertz CT molecular complexity index is 1300. The number of anilines is 1. The third-order valence-corrected chi connectivity index (χ3v) is 10.4. The van der Waals surface area contributed by atoms with Crippen molar-refractivity contribution in [3.05, 3.63) is 41.6 Å². The molecule has 4 fully saturated rings. The number of hydrogen-bond donors (Lipinski definition) is 2. The Balaban J connectivity index is 1.08. The maximum Gasteiger partial charge on any atom is 0.423 e. The summed E-state index contributed by atoms with van der Waals surface area (Å²) in [4.78, 5) is 8.15. The molecule has 13 heteroatoms. The Morgan fingerprint density at radius 1 is 1.15 bits per heavy atom. The number of halogens is 3. The molecular weight excluding hydrogens is 535 g/mol. The monoisotopic (exact) mass is 567 g/mol. The summed E-state index contributed by atoms with van der Waals surface area (Å²) >= 11 is 0. The maximum atomic E-state index is 13.5. The molecule has 3 atom stereocenters. The zero-order valence-corrected chi connectivity index (χ0v) is 22.2. The van der Waals surface area contributed by atoms with E-state index in [1.54, 1.807) is 12.1 Å². The van der Waals surface area contributed by atoms with E-state index >= 15 is 0 Å². The highest BCUT2D eigenvalue weighted by molar-refractivity contribution is 7.89. The van der Waals surface area contributed by atoms with Gasteiger partial charge in [-0.05, 0) is 62.4 Å². The van der Waals surface area contributed by atoms with Crippen LogP contribution >= 0.6 is 0 Å². The van der Waals surface area contributed by atoms with Gasteiger partial charge in [0.15, 0.2) is 0 Å². The van der Waals surface area contributed by atoms with E-state index in [4.69, 9.17) is 9.47 Å². The van der Waals surface area contributed by atoms with Gasteiger partial charge in [0.2, 0.25) is 21.9 Å². The van der Waals surface area contributed by atoms with Crippen molar-refractivity contribution in [1.82, 2.24) is 19.6 Å². The Morgan fingerprint density at radius 2 is 1.92 bits per heavy atom. The molecule has 212 valence electrons. The number of alkyl halides is 3. The Kier molecular flexibility index (Phi) is 6.97. The van der Waals surface area contributed by atoms with Crippen LogP contribution in [-0.4, -0.2) is 74.2 Å². The molecule has 9 nitrogen and oxygen atoms in total. The van der Waals surface area contributed by atoms with E-state index in [0.29, 0.717) is 31.8 Å². The number of fused-ring (bicyclic) bond motifs is 1. The molecule has 39 heavy (non-hydrogen) atoms. The average molecular weight is 568 g/mol. The number of benzene rings is 1. The summed E-state index contributed by atoms with van der Waals surface area (Å²) < 4.78 is 79.2. The molecule has 3 aliphatic heterocycles. The number of sulfonamides is 1. The van der Waals surface area contributed by atoms with Crippen molar-refractivity contribution in [2.75, 3.05) is 44.7 Å². The fourth-order valence-electron chi connectivity index (χ4n) is 6.05. The number of nitrogens with zero attached hydrogens (tertiary/aromatic N) is 3. The quantitative estimate of drug-likeness (QED) is 0.526. The first kappa shape index (κ1) is 26.7. The van der Waals surface area contributed by atoms with E-state index < -0.39 is 33.7 Å². The van der Waals surface area contributed by atoms with Gasteiger partial charge in [0.05, 0.1) is 18.1 Å². The molecule has 4 heterocycles. The highest BCUT2D eigenvalue weighted by Gasteiger charge is 2.55. The number of nitrogens with one attached hydrogen (secondary N) is 2. The van der Waals surface area contributed by atoms with Crippen LogP contribution in [0, 0.1) is 5.92 Å². The molecule has 1 aliphatic carbocycles. The van der Waals surface area contributed by atoms with Gasteiger partial charge >= 0.3 is 6.18 Å². The first-order valence-electron chi connectivity index (χ1n) is 13.4. The van der Waals surface area contributed by atoms with Gasteiger partial charge in [-0.25, -0.2) is 13.4 Å². The third kappa shape index (κ3) is 5.33. The predicted octanol–water partition coefficient (Wildman–Crippen LogP) is 3.18. The van der Waals surface area contributed by atoms with Crippen molar-refractivity contribution in [2.24, 2.45) is 5.92 Å². The van der Waals surface area contributed by atoms with Crippen LogP contribution in [0.2, 0.25) is 0 Å². The highest BCUT2D eigenvalue weighted by Crippen LogP contribution is 2.57. The Morgan fingerprint density at radius 3 is 2.59 bits per heavy atom. The molecule has 1 saturated carbocycles. The van der Waals surface area contributed by atoms with Gasteiger partial charge in [-0.2, -0.15) is 22.5 Å². The minimum atomic E-state index is -4.65. The molecule has 2 unspecified atom stereocenters. The Hall–Kier alpha value is -2.48. The lowest BCUT2D eigenvalue weighted by Crippen LogP contribution is -2.42. The first-order chi connectivity index (χ1) is 18.6. The highest BCUT2D eigenvalue weighted by atomic mass is 32.2. The van der Waals surface area contributed by atoms with Crippen LogP contribution in [0.3, 0.4) is 0 Å². The second-order valence-electron chi connectivity index (χ2n) is 10.9. The molecule has 0 bridgehead atoms. The van der Waals surface area contributed by atoms with Crippen molar-refractivity contribution in [3.63, 3.8) is 0 Å². The standard InChI is InChI=1S/C26H32F3N5O4S/c27-26(28,29)22-15-31-24(33-23(22)38-20-7-12-37-16-20)32-19-5-10-34(11-6-19)39(35,36)21-3-1-17(2-4-21)25-8-9-30-14-18(25)13-25/h1-4,15,18-20,30H,5-14,16H2,(H,31,32,33)/t18?,20-,25?/m0/s1. The number of rotatable bonds is 7. The molecule has 2 N–H and O–H groups in total. The maximum absolute atomic E-state index is 13.5. The van der Waals surface area contributed by atoms with E-state index in [-0.39, 0.29) is 42.0 Å². The SMILES string of the molecule is O=S(=O)(c1ccc(C23CCNCC2C3)cc1)N1CCC(Nc2ncc(C(F)(F)F)c(O[C@H]3CCOC3)n2)CC1. The number of piperidine rings is 2. The number of aromatic nitrogens is 2. The lowest BCUT2D eigenvalue weighted by molar-refractivity contribution is -0.139. The smallest absolute Gasteiger partial charge is 0.423 e. The molecule has 1 aromatic carbocycles. The first-order valence-corrected chi connectivity index (χ1v) is 14.9. The van der Waals surface area contributed by atoms with Gasteiger partial charge in [0, 0.05) is 37.2 Å². The molecular formula is C26H32F3N5O4S. The van der Waals surface area contributed by atoms with Crippen molar-refractivity contribution < 1.29 is 31.1 Å². The fraction of sp³-hybridized carbons (Fsp3) is 0.615. The van der Waals surface area contributed by atoms with Gasteiger partial charge in [-0.1, -0.05) is 12.1 Å². The van der Waals surface area contributed by atoms with Crippen molar-refractivity contribution in [1.29, 1.82) is 0 Å². The van der Waals surface area contributed by atoms with E-state index in [0.717, 1.165) is 32.1 Å². The lowest BCUT2D eigenvalue weighted by Gasteiger charge is -2.32. The van der Waals surface area contributed by atoms with E-state index in [1.165, 1.54) is 9.87 Å². The lowest BCUT2D eigenvalue weighted by atomic mass is 9.88. The van der Waals surface area contributed by atoms with Gasteiger partial charge in [-0.15, -0.1) is 0 Å². The van der Waals surface area contributed by atoms with Crippen molar-refractivity contribution >= 4 is 16.0 Å². The van der Waals surface area contributed by atoms with Crippen LogP contribution in [0.15, 0.2) is 35.4 Å². The molecule has 0 spiro atoms. The minimum Gasteiger partial charge on any atom is -0.471 e. The zero-order valence-electron chi connectivity index (χ0n) is 21.4. The van der Waals surface area contributed by atoms with E-state index in [1.807, 2.05) is 12.1 Å². The van der Waals surface area contributed by atoms with Crippen molar-refractivity contribution in [3.8, 4) is 5.88 Å². The summed E-state index contributed by atoms with van der Waals surface area (Å²) in [5, 5.41) is 6.48. The summed E-state index contributed by atoms with van der Waals surface area (Å²) in [6.07, 6.45) is -0.790. The number of ether oxygens (including phenoxy) is 2. The summed E-state index contributed by atoms with van der Waals surface area (Å²) in [5.41, 5.74) is 0.383. The predicted molar refractivity (Wildman–Crippen MR) is 136 cm³/mol. The fourth-order valence-corrected chi connectivity index (χ4v) is 7.52. The molecule has 0 radical (unpaired) electrons. The molecule has 1 aromatic heterocycles. The van der Waals surface area contributed by atoms with Crippen LogP contribution in [0.5, 0.6) is 5.88 Å². The van der Waals surface area contributed by atoms with Gasteiger partial charge in [0.1, 0.15) is 11.7 Å². The molecule has 4 aliphatic rings. The summed E-state index contributed by atoms with van der Waals surface area (Å²) in [7, 11) is -3.65. The summed E-state index contributed by atoms with van der Waals surface area (Å²) in [6, 6.07) is 7.17. The second-order valence-corrected chi connectivity index (χ2v) is 12.8. The van der Waals surface area contributed by atoms with Crippen molar-refractivity contribution in [2.45, 2.75) is 60.7 Å². The summed E-state index contributed by atoms with van der Waals surface area (Å²) in [5.74, 6) is 0.123. The van der Waals surface area contributed by atoms with Gasteiger partial charge < -0.3 is 20.1 Å². The second kappa shape index (κ2) is 10.2. The average Bonchev–Trinajstić information content (AvgIpc) is 3.47. The van der Waals surface area contributed by atoms with Crippen LogP contribution in [-0.2, 0) is 26.4 Å². The number of hydrogen-bond acceptors (Lipinski definition) is 8. The van der Waals surface area contributed by atoms with Crippen LogP contribution in [0.25, 0.3) is 0 Å². The normalized spacial score (nSPS) is 28.2. The van der Waals surface area contributed by atoms with E-state index in [9.17, 15) is 21.6 Å². The van der Waals surface area contributed by atoms with Crippen LogP contribution < -0.4 is 15.4 Å². The van der Waals surface area contributed by atoms with Gasteiger partial charge in [0.25, 0.3) is 0 Å². The summed E-state index contributed by atoms with van der Waals surface area (Å²) in [6.45, 7) is 3.20. The molecule has 0 amide bonds. The van der Waals surface area contributed by atoms with Crippen LogP contribution in [0.1, 0.15) is 43.2 Å². The minimum absolute atomic E-state index is 0.0180. The Labute approximate surface area is 225 Å². The third-order valence-electron chi connectivity index (χ3n) is 8.45. The topological polar surface area (TPSA) is 106 Å². The zero-order chi connectivity index (χ0) is 27.3. The van der Waals surface area contributed by atoms with Gasteiger partial charge in [-0.3, -0.25) is 0 Å².